The standard InChI is InChI=1S/C19H23NO2/c1-13-11-14(2)15(3)18(12-13)22-16(4)19(21)20(5)17-9-7-6-8-10-17/h6-12,16H,1-5H3/t16-/m0/s1. The van der Waals surface area contributed by atoms with Gasteiger partial charge in [-0.05, 0) is 62.6 Å². The van der Waals surface area contributed by atoms with Crippen LogP contribution in [-0.4, -0.2) is 19.1 Å². The predicted molar refractivity (Wildman–Crippen MR) is 90.6 cm³/mol. The zero-order valence-corrected chi connectivity index (χ0v) is 13.9. The molecule has 2 aromatic rings. The topological polar surface area (TPSA) is 29.5 Å². The highest BCUT2D eigenvalue weighted by Gasteiger charge is 2.21. The summed E-state index contributed by atoms with van der Waals surface area (Å²) in [7, 11) is 1.77. The van der Waals surface area contributed by atoms with Gasteiger partial charge in [-0.2, -0.15) is 0 Å². The van der Waals surface area contributed by atoms with Crippen LogP contribution in [0.5, 0.6) is 5.75 Å². The Hall–Kier alpha value is -2.29. The highest BCUT2D eigenvalue weighted by molar-refractivity contribution is 5.96. The summed E-state index contributed by atoms with van der Waals surface area (Å²) < 4.78 is 5.92. The van der Waals surface area contributed by atoms with Gasteiger partial charge in [-0.25, -0.2) is 0 Å². The van der Waals surface area contributed by atoms with E-state index < -0.39 is 6.10 Å². The molecule has 116 valence electrons. The van der Waals surface area contributed by atoms with Crippen molar-refractivity contribution in [2.75, 3.05) is 11.9 Å². The van der Waals surface area contributed by atoms with E-state index in [-0.39, 0.29) is 5.91 Å². The molecular formula is C19H23NO2. The lowest BCUT2D eigenvalue weighted by atomic mass is 10.1. The van der Waals surface area contributed by atoms with Gasteiger partial charge in [-0.15, -0.1) is 0 Å². The molecule has 0 aromatic heterocycles. The number of hydrogen-bond acceptors (Lipinski definition) is 2. The maximum Gasteiger partial charge on any atom is 0.267 e. The van der Waals surface area contributed by atoms with Crippen LogP contribution in [0.15, 0.2) is 42.5 Å². The summed E-state index contributed by atoms with van der Waals surface area (Å²) >= 11 is 0. The first-order valence-corrected chi connectivity index (χ1v) is 7.47. The number of amides is 1. The van der Waals surface area contributed by atoms with Gasteiger partial charge in [-0.3, -0.25) is 4.79 Å². The highest BCUT2D eigenvalue weighted by atomic mass is 16.5. The van der Waals surface area contributed by atoms with Crippen molar-refractivity contribution >= 4 is 11.6 Å². The Balaban J connectivity index is 2.15. The van der Waals surface area contributed by atoms with Crippen LogP contribution in [0.4, 0.5) is 5.69 Å². The average molecular weight is 297 g/mol. The van der Waals surface area contributed by atoms with Gasteiger partial charge in [0.05, 0.1) is 0 Å². The smallest absolute Gasteiger partial charge is 0.267 e. The lowest BCUT2D eigenvalue weighted by Gasteiger charge is -2.23. The Morgan fingerprint density at radius 3 is 2.36 bits per heavy atom. The Morgan fingerprint density at radius 1 is 1.09 bits per heavy atom. The summed E-state index contributed by atoms with van der Waals surface area (Å²) in [6.07, 6.45) is -0.537. The fraction of sp³-hybridized carbons (Fsp3) is 0.316. The van der Waals surface area contributed by atoms with Crippen molar-refractivity contribution in [1.29, 1.82) is 0 Å². The maximum absolute atomic E-state index is 12.5. The van der Waals surface area contributed by atoms with Crippen LogP contribution in [0.25, 0.3) is 0 Å². The SMILES string of the molecule is Cc1cc(C)c(C)c(O[C@@H](C)C(=O)N(C)c2ccccc2)c1. The summed E-state index contributed by atoms with van der Waals surface area (Å²) in [5.41, 5.74) is 4.24. The molecule has 0 saturated heterocycles. The van der Waals surface area contributed by atoms with E-state index in [0.717, 1.165) is 22.6 Å². The summed E-state index contributed by atoms with van der Waals surface area (Å²) in [5, 5.41) is 0. The van der Waals surface area contributed by atoms with Gasteiger partial charge < -0.3 is 9.64 Å². The molecule has 2 aromatic carbocycles. The number of aryl methyl sites for hydroxylation is 2. The minimum absolute atomic E-state index is 0.0650. The normalized spacial score (nSPS) is 11.9. The van der Waals surface area contributed by atoms with E-state index in [2.05, 4.69) is 13.0 Å². The summed E-state index contributed by atoms with van der Waals surface area (Å²) in [5.74, 6) is 0.713. The molecule has 0 N–H and O–H groups in total. The number of benzene rings is 2. The van der Waals surface area contributed by atoms with E-state index in [1.807, 2.05) is 50.2 Å². The fourth-order valence-corrected chi connectivity index (χ4v) is 2.42. The number of likely N-dealkylation sites (N-methyl/N-ethyl adjacent to an activating group) is 1. The Labute approximate surface area is 132 Å². The fourth-order valence-electron chi connectivity index (χ4n) is 2.42. The van der Waals surface area contributed by atoms with Crippen molar-refractivity contribution < 1.29 is 9.53 Å². The number of ether oxygens (including phenoxy) is 1. The van der Waals surface area contributed by atoms with Gasteiger partial charge >= 0.3 is 0 Å². The first-order valence-electron chi connectivity index (χ1n) is 7.47. The van der Waals surface area contributed by atoms with Gasteiger partial charge in [0.25, 0.3) is 5.91 Å². The maximum atomic E-state index is 12.5. The van der Waals surface area contributed by atoms with Crippen LogP contribution >= 0.6 is 0 Å². The van der Waals surface area contributed by atoms with Crippen molar-refractivity contribution in [1.82, 2.24) is 0 Å². The zero-order chi connectivity index (χ0) is 16.3. The first-order chi connectivity index (χ1) is 10.4. The van der Waals surface area contributed by atoms with E-state index in [1.54, 1.807) is 18.9 Å². The molecule has 1 amide bonds. The zero-order valence-electron chi connectivity index (χ0n) is 13.9. The quantitative estimate of drug-likeness (QED) is 0.852. The van der Waals surface area contributed by atoms with Gasteiger partial charge in [0.1, 0.15) is 5.75 Å². The Morgan fingerprint density at radius 2 is 1.73 bits per heavy atom. The number of nitrogens with zero attached hydrogens (tertiary/aromatic N) is 1. The number of anilines is 1. The van der Waals surface area contributed by atoms with E-state index in [9.17, 15) is 4.79 Å². The second-order valence-electron chi connectivity index (χ2n) is 5.70. The monoisotopic (exact) mass is 297 g/mol. The van der Waals surface area contributed by atoms with E-state index in [1.165, 1.54) is 5.56 Å². The second-order valence-corrected chi connectivity index (χ2v) is 5.70. The van der Waals surface area contributed by atoms with Crippen LogP contribution in [0.1, 0.15) is 23.6 Å². The molecule has 0 aliphatic rings. The first kappa shape index (κ1) is 16.1. The van der Waals surface area contributed by atoms with Gasteiger partial charge in [0.2, 0.25) is 0 Å². The molecule has 0 aliphatic carbocycles. The van der Waals surface area contributed by atoms with Crippen molar-refractivity contribution in [3.05, 3.63) is 59.2 Å². The second kappa shape index (κ2) is 6.65. The minimum Gasteiger partial charge on any atom is -0.481 e. The van der Waals surface area contributed by atoms with Crippen LogP contribution in [0.3, 0.4) is 0 Å². The van der Waals surface area contributed by atoms with Crippen LogP contribution in [0.2, 0.25) is 0 Å². The molecule has 0 aliphatic heterocycles. The third kappa shape index (κ3) is 3.48. The van der Waals surface area contributed by atoms with Gasteiger partial charge in [0, 0.05) is 12.7 Å². The largest absolute Gasteiger partial charge is 0.481 e. The van der Waals surface area contributed by atoms with Crippen molar-refractivity contribution in [3.8, 4) is 5.75 Å². The molecule has 0 fully saturated rings. The summed E-state index contributed by atoms with van der Waals surface area (Å²) in [6.45, 7) is 7.89. The lowest BCUT2D eigenvalue weighted by Crippen LogP contribution is -2.38. The van der Waals surface area contributed by atoms with Gasteiger partial charge in [0.15, 0.2) is 6.10 Å². The number of carbonyl (C=O) groups excluding carboxylic acids is 1. The molecule has 0 radical (unpaired) electrons. The number of hydrogen-bond donors (Lipinski definition) is 0. The van der Waals surface area contributed by atoms with Crippen molar-refractivity contribution in [2.24, 2.45) is 0 Å². The van der Waals surface area contributed by atoms with Crippen LogP contribution in [-0.2, 0) is 4.79 Å². The molecule has 0 heterocycles. The van der Waals surface area contributed by atoms with Crippen molar-refractivity contribution in [2.45, 2.75) is 33.8 Å². The Bertz CT molecular complexity index is 665. The van der Waals surface area contributed by atoms with E-state index >= 15 is 0 Å². The molecule has 0 bridgehead atoms. The summed E-state index contributed by atoms with van der Waals surface area (Å²) in [4.78, 5) is 14.2. The molecule has 0 spiro atoms. The number of para-hydroxylation sites is 1. The van der Waals surface area contributed by atoms with Crippen LogP contribution < -0.4 is 9.64 Å². The molecule has 1 atom stereocenters. The lowest BCUT2D eigenvalue weighted by molar-refractivity contribution is -0.124. The molecule has 3 heteroatoms. The molecule has 0 saturated carbocycles. The molecule has 2 rings (SSSR count). The third-order valence-corrected chi connectivity index (χ3v) is 3.89. The summed E-state index contributed by atoms with van der Waals surface area (Å²) in [6, 6.07) is 13.7. The average Bonchev–Trinajstić information content (AvgIpc) is 2.51. The minimum atomic E-state index is -0.537. The Kier molecular flexibility index (Phi) is 4.86. The van der Waals surface area contributed by atoms with Crippen molar-refractivity contribution in [3.63, 3.8) is 0 Å². The molecule has 3 nitrogen and oxygen atoms in total. The number of carbonyl (C=O) groups is 1. The van der Waals surface area contributed by atoms with Crippen LogP contribution in [0, 0.1) is 20.8 Å². The van der Waals surface area contributed by atoms with E-state index in [4.69, 9.17) is 4.74 Å². The van der Waals surface area contributed by atoms with E-state index in [0.29, 0.717) is 0 Å². The predicted octanol–water partition coefficient (Wildman–Crippen LogP) is 4.04. The molecule has 0 unspecified atom stereocenters. The van der Waals surface area contributed by atoms with Gasteiger partial charge in [-0.1, -0.05) is 24.3 Å². The third-order valence-electron chi connectivity index (χ3n) is 3.89. The highest BCUT2D eigenvalue weighted by Crippen LogP contribution is 2.25. The molecular weight excluding hydrogens is 274 g/mol. The molecule has 22 heavy (non-hydrogen) atoms. The number of rotatable bonds is 4.